The molecule has 21 heavy (non-hydrogen) atoms. The minimum Gasteiger partial charge on any atom is -0.383 e. The fourth-order valence-electron chi connectivity index (χ4n) is 2.73. The van der Waals surface area contributed by atoms with Gasteiger partial charge in [0.25, 0.3) is 0 Å². The van der Waals surface area contributed by atoms with Crippen LogP contribution in [0, 0.1) is 6.92 Å². The van der Waals surface area contributed by atoms with E-state index in [0.29, 0.717) is 0 Å². The molecule has 5 nitrogen and oxygen atoms in total. The monoisotopic (exact) mass is 312 g/mol. The number of nitrogens with zero attached hydrogens (tertiary/aromatic N) is 2. The molecule has 118 valence electrons. The maximum absolute atomic E-state index is 11.0. The predicted octanol–water partition coefficient (Wildman–Crippen LogP) is 1.49. The van der Waals surface area contributed by atoms with Crippen molar-refractivity contribution < 1.29 is 13.5 Å². The molecule has 2 rings (SSSR count). The van der Waals surface area contributed by atoms with Crippen molar-refractivity contribution in [3.05, 3.63) is 29.3 Å². The SMILES string of the molecule is COCCN1CCN(c2cccc(CS(=O)O)c2C)CC1. The van der Waals surface area contributed by atoms with Crippen LogP contribution in [-0.4, -0.2) is 60.1 Å². The van der Waals surface area contributed by atoms with Gasteiger partial charge < -0.3 is 14.2 Å². The van der Waals surface area contributed by atoms with Gasteiger partial charge in [0.2, 0.25) is 0 Å². The van der Waals surface area contributed by atoms with E-state index in [-0.39, 0.29) is 5.75 Å². The van der Waals surface area contributed by atoms with Gasteiger partial charge in [0.05, 0.1) is 12.4 Å². The number of hydrogen-bond acceptors (Lipinski definition) is 4. The summed E-state index contributed by atoms with van der Waals surface area (Å²) in [5.74, 6) is 0.202. The summed E-state index contributed by atoms with van der Waals surface area (Å²) in [5.41, 5.74) is 3.25. The van der Waals surface area contributed by atoms with Crippen LogP contribution in [0.5, 0.6) is 0 Å². The summed E-state index contributed by atoms with van der Waals surface area (Å²) in [6.45, 7) is 7.81. The molecule has 0 amide bonds. The fraction of sp³-hybridized carbons (Fsp3) is 0.600. The molecule has 1 N–H and O–H groups in total. The van der Waals surface area contributed by atoms with Crippen LogP contribution < -0.4 is 4.90 Å². The van der Waals surface area contributed by atoms with E-state index in [1.807, 2.05) is 19.1 Å². The van der Waals surface area contributed by atoms with Crippen molar-refractivity contribution in [1.82, 2.24) is 4.90 Å². The van der Waals surface area contributed by atoms with E-state index in [1.165, 1.54) is 5.69 Å². The molecule has 0 bridgehead atoms. The number of methoxy groups -OCH3 is 1. The van der Waals surface area contributed by atoms with Gasteiger partial charge in [0.1, 0.15) is 0 Å². The van der Waals surface area contributed by atoms with E-state index in [2.05, 4.69) is 15.9 Å². The Hall–Kier alpha value is -0.950. The molecule has 0 spiro atoms. The van der Waals surface area contributed by atoms with Crippen LogP contribution in [0.15, 0.2) is 18.2 Å². The molecule has 0 saturated carbocycles. The van der Waals surface area contributed by atoms with Crippen molar-refractivity contribution >= 4 is 16.8 Å². The van der Waals surface area contributed by atoms with Gasteiger partial charge in [-0.15, -0.1) is 0 Å². The van der Waals surface area contributed by atoms with Crippen LogP contribution in [0.3, 0.4) is 0 Å². The number of ether oxygens (including phenoxy) is 1. The molecule has 6 heteroatoms. The van der Waals surface area contributed by atoms with Gasteiger partial charge in [0, 0.05) is 45.5 Å². The summed E-state index contributed by atoms with van der Waals surface area (Å²) >= 11 is -1.79. The van der Waals surface area contributed by atoms with Crippen LogP contribution in [0.2, 0.25) is 0 Å². The Bertz CT molecular complexity index is 488. The highest BCUT2D eigenvalue weighted by Crippen LogP contribution is 2.25. The van der Waals surface area contributed by atoms with Crippen LogP contribution in [0.4, 0.5) is 5.69 Å². The summed E-state index contributed by atoms with van der Waals surface area (Å²) in [7, 11) is 1.73. The number of anilines is 1. The highest BCUT2D eigenvalue weighted by molar-refractivity contribution is 7.78. The Kier molecular flexibility index (Phi) is 6.17. The first-order valence-corrected chi connectivity index (χ1v) is 8.51. The Morgan fingerprint density at radius 2 is 2.00 bits per heavy atom. The lowest BCUT2D eigenvalue weighted by molar-refractivity contribution is 0.144. The maximum atomic E-state index is 11.0. The summed E-state index contributed by atoms with van der Waals surface area (Å²) in [5, 5.41) is 0. The van der Waals surface area contributed by atoms with Crippen LogP contribution in [0.25, 0.3) is 0 Å². The summed E-state index contributed by atoms with van der Waals surface area (Å²) in [6, 6.07) is 6.01. The summed E-state index contributed by atoms with van der Waals surface area (Å²) < 4.78 is 25.2. The van der Waals surface area contributed by atoms with E-state index in [9.17, 15) is 4.21 Å². The zero-order valence-electron chi connectivity index (χ0n) is 12.7. The minimum atomic E-state index is -1.79. The molecule has 1 fully saturated rings. The smallest absolute Gasteiger partial charge is 0.157 e. The largest absolute Gasteiger partial charge is 0.383 e. The van der Waals surface area contributed by atoms with E-state index in [4.69, 9.17) is 9.29 Å². The summed E-state index contributed by atoms with van der Waals surface area (Å²) in [6.07, 6.45) is 0. The average molecular weight is 312 g/mol. The minimum absolute atomic E-state index is 0.202. The van der Waals surface area contributed by atoms with Crippen molar-refractivity contribution in [1.29, 1.82) is 0 Å². The number of hydrogen-bond donors (Lipinski definition) is 1. The van der Waals surface area contributed by atoms with E-state index in [0.717, 1.165) is 50.5 Å². The van der Waals surface area contributed by atoms with Gasteiger partial charge in [-0.05, 0) is 24.1 Å². The van der Waals surface area contributed by atoms with Gasteiger partial charge in [-0.3, -0.25) is 4.90 Å². The van der Waals surface area contributed by atoms with Gasteiger partial charge in [-0.25, -0.2) is 4.21 Å². The Balaban J connectivity index is 2.01. The molecular weight excluding hydrogens is 288 g/mol. The van der Waals surface area contributed by atoms with Crippen molar-refractivity contribution in [2.45, 2.75) is 12.7 Å². The molecule has 1 atom stereocenters. The maximum Gasteiger partial charge on any atom is 0.157 e. The van der Waals surface area contributed by atoms with E-state index < -0.39 is 11.1 Å². The molecule has 1 aromatic carbocycles. The molecule has 1 aliphatic rings. The first-order chi connectivity index (χ1) is 10.1. The molecule has 1 unspecified atom stereocenters. The topological polar surface area (TPSA) is 53.0 Å². The predicted molar refractivity (Wildman–Crippen MR) is 86.2 cm³/mol. The molecule has 1 heterocycles. The van der Waals surface area contributed by atoms with Crippen molar-refractivity contribution in [2.24, 2.45) is 0 Å². The molecule has 1 aromatic rings. The first-order valence-electron chi connectivity index (χ1n) is 7.24. The molecule has 0 aromatic heterocycles. The molecule has 1 saturated heterocycles. The normalized spacial score (nSPS) is 18.0. The van der Waals surface area contributed by atoms with Crippen LogP contribution in [0.1, 0.15) is 11.1 Å². The standard InChI is InChI=1S/C15H24N2O3S/c1-13-14(12-21(18)19)4-3-5-15(13)17-8-6-16(7-9-17)10-11-20-2/h3-5H,6-12H2,1-2H3,(H,18,19). The van der Waals surface area contributed by atoms with E-state index in [1.54, 1.807) is 7.11 Å². The lowest BCUT2D eigenvalue weighted by Gasteiger charge is -2.37. The zero-order valence-corrected chi connectivity index (χ0v) is 13.6. The first kappa shape index (κ1) is 16.4. The Morgan fingerprint density at radius 1 is 1.29 bits per heavy atom. The average Bonchev–Trinajstić information content (AvgIpc) is 2.47. The molecule has 1 aliphatic heterocycles. The van der Waals surface area contributed by atoms with Crippen molar-refractivity contribution in [3.63, 3.8) is 0 Å². The van der Waals surface area contributed by atoms with Crippen molar-refractivity contribution in [2.75, 3.05) is 51.3 Å². The van der Waals surface area contributed by atoms with E-state index >= 15 is 0 Å². The van der Waals surface area contributed by atoms with Crippen LogP contribution >= 0.6 is 0 Å². The van der Waals surface area contributed by atoms with Gasteiger partial charge >= 0.3 is 0 Å². The second-order valence-electron chi connectivity index (χ2n) is 5.35. The Morgan fingerprint density at radius 3 is 2.62 bits per heavy atom. The lowest BCUT2D eigenvalue weighted by Crippen LogP contribution is -2.47. The highest BCUT2D eigenvalue weighted by atomic mass is 32.2. The molecular formula is C15H24N2O3S. The molecule has 0 aliphatic carbocycles. The van der Waals surface area contributed by atoms with Gasteiger partial charge in [-0.2, -0.15) is 0 Å². The number of benzene rings is 1. The Labute approximate surface area is 129 Å². The third-order valence-electron chi connectivity index (χ3n) is 4.02. The number of rotatable bonds is 6. The second kappa shape index (κ2) is 7.89. The molecule has 0 radical (unpaired) electrons. The van der Waals surface area contributed by atoms with Gasteiger partial charge in [-0.1, -0.05) is 12.1 Å². The third-order valence-corrected chi connectivity index (χ3v) is 4.58. The zero-order chi connectivity index (χ0) is 15.2. The lowest BCUT2D eigenvalue weighted by atomic mass is 10.1. The quantitative estimate of drug-likeness (QED) is 0.807. The third kappa shape index (κ3) is 4.51. The summed E-state index contributed by atoms with van der Waals surface area (Å²) in [4.78, 5) is 4.77. The highest BCUT2D eigenvalue weighted by Gasteiger charge is 2.19. The van der Waals surface area contributed by atoms with Gasteiger partial charge in [0.15, 0.2) is 11.1 Å². The fourth-order valence-corrected chi connectivity index (χ4v) is 3.31. The second-order valence-corrected chi connectivity index (χ2v) is 6.28. The van der Waals surface area contributed by atoms with Crippen molar-refractivity contribution in [3.8, 4) is 0 Å². The van der Waals surface area contributed by atoms with Crippen LogP contribution in [-0.2, 0) is 21.6 Å². The number of piperazine rings is 1.